The monoisotopic (exact) mass is 688 g/mol. The van der Waals surface area contributed by atoms with Gasteiger partial charge in [-0.1, -0.05) is 110 Å². The van der Waals surface area contributed by atoms with E-state index < -0.39 is 13.3 Å². The van der Waals surface area contributed by atoms with E-state index in [1.807, 2.05) is 11.8 Å². The van der Waals surface area contributed by atoms with Crippen LogP contribution in [0.1, 0.15) is 136 Å². The van der Waals surface area contributed by atoms with Crippen molar-refractivity contribution in [2.75, 3.05) is 25.6 Å². The number of hydrogen-bond donors (Lipinski definition) is 0. The van der Waals surface area contributed by atoms with Crippen LogP contribution in [0.25, 0.3) is 0 Å². The fraction of sp³-hybridized carbons (Fsp3) is 0.794. The first-order valence-corrected chi connectivity index (χ1v) is 19.2. The fourth-order valence-electron chi connectivity index (χ4n) is 4.82. The summed E-state index contributed by atoms with van der Waals surface area (Å²) in [4.78, 5) is 21.7. The van der Waals surface area contributed by atoms with Crippen LogP contribution in [0.4, 0.5) is 4.79 Å². The molecule has 0 amide bonds. The van der Waals surface area contributed by atoms with E-state index in [0.717, 1.165) is 31.0 Å². The van der Waals surface area contributed by atoms with Crippen LogP contribution in [0.5, 0.6) is 5.75 Å². The molecule has 11 heteroatoms. The molecule has 3 atom stereocenters. The summed E-state index contributed by atoms with van der Waals surface area (Å²) in [5.74, 6) is 2.08. The first kappa shape index (κ1) is 48.1. The third-order valence-corrected chi connectivity index (χ3v) is 10.2. The molecule has 0 aliphatic carbocycles. The molecule has 0 aliphatic rings. The van der Waals surface area contributed by atoms with Crippen molar-refractivity contribution in [1.82, 2.24) is 0 Å². The summed E-state index contributed by atoms with van der Waals surface area (Å²) < 4.78 is 27.5. The largest absolute Gasteiger partial charge is 1.00 e. The average Bonchev–Trinajstić information content (AvgIpc) is 2.95. The zero-order valence-corrected chi connectivity index (χ0v) is 35.3. The first-order valence-electron chi connectivity index (χ1n) is 16.6. The van der Waals surface area contributed by atoms with Crippen LogP contribution in [0.3, 0.4) is 0 Å². The maximum atomic E-state index is 11.2. The molecule has 0 aromatic heterocycles. The van der Waals surface area contributed by atoms with E-state index in [1.54, 1.807) is 0 Å². The van der Waals surface area contributed by atoms with Crippen LogP contribution in [0.2, 0.25) is 0 Å². The van der Waals surface area contributed by atoms with Crippen LogP contribution < -0.4 is 73.9 Å². The maximum absolute atomic E-state index is 11.2. The summed E-state index contributed by atoms with van der Waals surface area (Å²) in [5, 5.41) is 10.9. The molecule has 250 valence electrons. The Hall–Kier alpha value is 0.950. The topological polar surface area (TPSA) is 108 Å². The summed E-state index contributed by atoms with van der Waals surface area (Å²) in [6.07, 6.45) is 17.6. The van der Waals surface area contributed by atoms with E-state index in [-0.39, 0.29) is 77.2 Å². The molecule has 0 saturated carbocycles. The summed E-state index contributed by atoms with van der Waals surface area (Å²) >= 11 is 1.99. The van der Waals surface area contributed by atoms with Gasteiger partial charge in [0, 0.05) is 11.9 Å². The fourth-order valence-corrected chi connectivity index (χ4v) is 6.65. The molecule has 1 aromatic rings. The molecule has 45 heavy (non-hydrogen) atoms. The second-order valence-corrected chi connectivity index (χ2v) is 15.6. The number of thioether (sulfide) groups is 1. The summed E-state index contributed by atoms with van der Waals surface area (Å²) in [6, 6.07) is 8.50. The number of hydrogen-bond acceptors (Lipinski definition) is 8. The van der Waals surface area contributed by atoms with Crippen molar-refractivity contribution < 1.29 is 92.5 Å². The van der Waals surface area contributed by atoms with Crippen molar-refractivity contribution in [3.63, 3.8) is 0 Å². The molecule has 7 nitrogen and oxygen atoms in total. The third-order valence-electron chi connectivity index (χ3n) is 7.63. The van der Waals surface area contributed by atoms with E-state index in [0.29, 0.717) is 18.3 Å². The Kier molecular flexibility index (Phi) is 30.7. The molecule has 1 aromatic carbocycles. The zero-order valence-electron chi connectivity index (χ0n) is 29.6. The van der Waals surface area contributed by atoms with E-state index in [1.165, 1.54) is 82.6 Å². The van der Waals surface area contributed by atoms with Crippen LogP contribution in [-0.4, -0.2) is 42.6 Å². The second-order valence-electron chi connectivity index (χ2n) is 12.6. The normalized spacial score (nSPS) is 14.1. The van der Waals surface area contributed by atoms with Gasteiger partial charge in [-0.15, -0.1) is 0 Å². The Balaban J connectivity index is 0. The minimum Gasteiger partial charge on any atom is -0.774 e. The van der Waals surface area contributed by atoms with E-state index >= 15 is 0 Å². The van der Waals surface area contributed by atoms with Gasteiger partial charge >= 0.3 is 59.1 Å². The number of carbonyl (C=O) groups is 1. The summed E-state index contributed by atoms with van der Waals surface area (Å²) in [7, 11) is -4.93. The van der Waals surface area contributed by atoms with Crippen molar-refractivity contribution in [1.29, 1.82) is 0 Å². The second kappa shape index (κ2) is 28.8. The Bertz CT molecular complexity index is 900. The zero-order chi connectivity index (χ0) is 32.0. The minimum atomic E-state index is -4.93. The van der Waals surface area contributed by atoms with Crippen LogP contribution in [0.15, 0.2) is 24.3 Å². The van der Waals surface area contributed by atoms with Gasteiger partial charge in [-0.25, -0.2) is 0 Å². The van der Waals surface area contributed by atoms with E-state index in [2.05, 4.69) is 63.4 Å². The van der Waals surface area contributed by atoms with Gasteiger partial charge in [-0.05, 0) is 61.5 Å². The smallest absolute Gasteiger partial charge is 0.774 e. The maximum Gasteiger partial charge on any atom is 1.00 e. The Morgan fingerprint density at radius 2 is 1.38 bits per heavy atom. The number of benzene rings is 1. The van der Waals surface area contributed by atoms with E-state index in [4.69, 9.17) is 9.47 Å². The number of ether oxygens (including phenoxy) is 2. The molecule has 1 rings (SSSR count). The number of rotatable bonds is 27. The van der Waals surface area contributed by atoms with E-state index in [9.17, 15) is 19.4 Å². The van der Waals surface area contributed by atoms with Gasteiger partial charge in [-0.3, -0.25) is 0 Å². The van der Waals surface area contributed by atoms with Gasteiger partial charge in [0.1, 0.15) is 11.5 Å². The minimum absolute atomic E-state index is 0. The van der Waals surface area contributed by atoms with Gasteiger partial charge in [0.25, 0.3) is 0 Å². The Labute approximate surface area is 323 Å². The molecular formula is C34H59Na2O7PS. The predicted molar refractivity (Wildman–Crippen MR) is 176 cm³/mol. The van der Waals surface area contributed by atoms with Crippen LogP contribution in [0, 0.1) is 0 Å². The average molecular weight is 689 g/mol. The van der Waals surface area contributed by atoms with Crippen molar-refractivity contribution in [3.8, 4) is 5.75 Å². The molecule has 0 N–H and O–H groups in total. The van der Waals surface area contributed by atoms with Gasteiger partial charge in [0.15, 0.2) is 7.60 Å². The van der Waals surface area contributed by atoms with Crippen LogP contribution >= 0.6 is 19.4 Å². The summed E-state index contributed by atoms with van der Waals surface area (Å²) in [5.41, 5.74) is -0.683. The van der Waals surface area contributed by atoms with Crippen molar-refractivity contribution >= 4 is 25.1 Å². The molecule has 0 fully saturated rings. The molecule has 0 spiro atoms. The predicted octanol–water partition coefficient (Wildman–Crippen LogP) is 2.66. The SMILES string of the molecule is CCCCCCC[C@@H](SCCCCCCCCCCOc1ccc(C(C)(C)C)cc1)[C@H](C)OCCCOP(=O)([O-])C(=O)[O-].[Na+].[Na+]. The van der Waals surface area contributed by atoms with Crippen LogP contribution in [-0.2, 0) is 19.2 Å². The van der Waals surface area contributed by atoms with Crippen molar-refractivity contribution in [2.45, 2.75) is 148 Å². The molecular weight excluding hydrogens is 629 g/mol. The van der Waals surface area contributed by atoms with Crippen molar-refractivity contribution in [2.24, 2.45) is 0 Å². The number of carboxylic acid groups (broad SMARTS) is 1. The standard InChI is InChI=1S/C34H61O7PS.2Na/c1-6-7-8-13-16-20-32(29(2)39-26-19-27-41-42(37,38)33(35)36)43-28-18-15-12-10-9-11-14-17-25-40-31-23-21-30(22-24-31)34(3,4)5;;/h21-24,29,32H,6-20,25-28H2,1-5H3,(H,35,36)(H,37,38);;/q;2*+1/p-2/t29-,32+;;/m0../s1. The molecule has 0 radical (unpaired) electrons. The first-order chi connectivity index (χ1) is 20.5. The van der Waals surface area contributed by atoms with Gasteiger partial charge in [0.05, 0.1) is 19.3 Å². The molecule has 0 saturated heterocycles. The summed E-state index contributed by atoms with van der Waals surface area (Å²) in [6.45, 7) is 11.9. The van der Waals surface area contributed by atoms with Gasteiger partial charge in [-0.2, -0.15) is 11.8 Å². The van der Waals surface area contributed by atoms with Gasteiger partial charge < -0.3 is 33.4 Å². The molecule has 0 heterocycles. The van der Waals surface area contributed by atoms with Gasteiger partial charge in [0.2, 0.25) is 0 Å². The Morgan fingerprint density at radius 3 is 1.96 bits per heavy atom. The molecule has 0 bridgehead atoms. The Morgan fingerprint density at radius 1 is 0.822 bits per heavy atom. The molecule has 0 aliphatic heterocycles. The molecule has 1 unspecified atom stereocenters. The third kappa shape index (κ3) is 24.7. The van der Waals surface area contributed by atoms with Crippen molar-refractivity contribution in [3.05, 3.63) is 29.8 Å². The quantitative estimate of drug-likeness (QED) is 0.0790. The number of carbonyl (C=O) groups excluding carboxylic acids is 1. The number of unbranched alkanes of at least 4 members (excludes halogenated alkanes) is 11.